The summed E-state index contributed by atoms with van der Waals surface area (Å²) in [7, 11) is -1.49. The average molecular weight is 271 g/mol. The molecule has 1 aromatic rings. The molecule has 1 aliphatic rings. The normalized spacial score (nSPS) is 21.7. The number of hydrogen-bond acceptors (Lipinski definition) is 5. The van der Waals surface area contributed by atoms with Gasteiger partial charge in [0, 0.05) is 19.3 Å². The zero-order valence-corrected chi connectivity index (χ0v) is 10.6. The van der Waals surface area contributed by atoms with Crippen molar-refractivity contribution in [3.05, 3.63) is 28.4 Å². The summed E-state index contributed by atoms with van der Waals surface area (Å²) in [4.78, 5) is 30.3. The Morgan fingerprint density at radius 1 is 1.56 bits per heavy atom. The van der Waals surface area contributed by atoms with Crippen molar-refractivity contribution >= 4 is 15.7 Å². The van der Waals surface area contributed by atoms with Crippen LogP contribution in [0.2, 0.25) is 0 Å². The van der Waals surface area contributed by atoms with Crippen LogP contribution < -0.4 is 5.56 Å². The smallest absolute Gasteiger partial charge is 0.273 e. The number of amides is 1. The number of nitrogens with zero attached hydrogens (tertiary/aromatic N) is 2. The van der Waals surface area contributed by atoms with Crippen LogP contribution in [0.15, 0.2) is 17.2 Å². The number of carbonyl (C=O) groups excluding carboxylic acids is 1. The van der Waals surface area contributed by atoms with Gasteiger partial charge in [-0.25, -0.2) is 13.4 Å². The van der Waals surface area contributed by atoms with E-state index in [0.717, 1.165) is 6.20 Å². The molecule has 0 spiro atoms. The molecule has 1 saturated heterocycles. The lowest BCUT2D eigenvalue weighted by Crippen LogP contribution is -2.38. The lowest BCUT2D eigenvalue weighted by Gasteiger charge is -2.22. The van der Waals surface area contributed by atoms with Gasteiger partial charge >= 0.3 is 0 Å². The van der Waals surface area contributed by atoms with Crippen molar-refractivity contribution in [1.82, 2.24) is 14.9 Å². The summed E-state index contributed by atoms with van der Waals surface area (Å²) in [5, 5.41) is 0. The molecule has 1 unspecified atom stereocenters. The highest BCUT2D eigenvalue weighted by Gasteiger charge is 2.33. The fourth-order valence-corrected chi connectivity index (χ4v) is 3.66. The number of aromatic amines is 1. The van der Waals surface area contributed by atoms with Crippen LogP contribution >= 0.6 is 0 Å². The zero-order chi connectivity index (χ0) is 13.3. The van der Waals surface area contributed by atoms with Crippen LogP contribution in [0.5, 0.6) is 0 Å². The van der Waals surface area contributed by atoms with Gasteiger partial charge in [-0.2, -0.15) is 0 Å². The van der Waals surface area contributed by atoms with Crippen molar-refractivity contribution < 1.29 is 13.2 Å². The second-order valence-corrected chi connectivity index (χ2v) is 6.50. The molecule has 98 valence electrons. The van der Waals surface area contributed by atoms with E-state index in [1.165, 1.54) is 11.1 Å². The second kappa shape index (κ2) is 4.52. The van der Waals surface area contributed by atoms with E-state index in [1.807, 2.05) is 0 Å². The van der Waals surface area contributed by atoms with Gasteiger partial charge in [-0.05, 0) is 6.42 Å². The highest BCUT2D eigenvalue weighted by molar-refractivity contribution is 7.91. The monoisotopic (exact) mass is 271 g/mol. The molecule has 1 amide bonds. The molecular weight excluding hydrogens is 258 g/mol. The Morgan fingerprint density at radius 2 is 2.28 bits per heavy atom. The molecule has 1 aromatic heterocycles. The lowest BCUT2D eigenvalue weighted by molar-refractivity contribution is 0.0741. The van der Waals surface area contributed by atoms with Gasteiger partial charge in [0.1, 0.15) is 5.69 Å². The van der Waals surface area contributed by atoms with E-state index in [4.69, 9.17) is 0 Å². The van der Waals surface area contributed by atoms with E-state index in [1.54, 1.807) is 7.05 Å². The van der Waals surface area contributed by atoms with Crippen LogP contribution in [0, 0.1) is 0 Å². The molecular formula is C10H13N3O4S. The highest BCUT2D eigenvalue weighted by atomic mass is 32.2. The Kier molecular flexibility index (Phi) is 3.20. The Hall–Kier alpha value is -1.70. The minimum atomic E-state index is -3.04. The van der Waals surface area contributed by atoms with Crippen molar-refractivity contribution in [3.63, 3.8) is 0 Å². The molecule has 1 fully saturated rings. The van der Waals surface area contributed by atoms with E-state index in [2.05, 4.69) is 9.97 Å². The fourth-order valence-electron chi connectivity index (χ4n) is 1.89. The topological polar surface area (TPSA) is 100 Å². The van der Waals surface area contributed by atoms with Crippen molar-refractivity contribution in [2.24, 2.45) is 0 Å². The number of aromatic nitrogens is 2. The lowest BCUT2D eigenvalue weighted by atomic mass is 10.2. The van der Waals surface area contributed by atoms with Gasteiger partial charge in [-0.15, -0.1) is 0 Å². The maximum atomic E-state index is 12.0. The zero-order valence-electron chi connectivity index (χ0n) is 9.79. The Balaban J connectivity index is 2.14. The standard InChI is InChI=1S/C10H13N3O4S/c1-13(7-2-3-18(16,17)6-7)10(15)8-4-12-9(14)5-11-8/h4-5,7H,2-3,6H2,1H3,(H,12,14). The molecule has 1 atom stereocenters. The summed E-state index contributed by atoms with van der Waals surface area (Å²) < 4.78 is 22.7. The number of hydrogen-bond donors (Lipinski definition) is 1. The van der Waals surface area contributed by atoms with Gasteiger partial charge in [0.15, 0.2) is 9.84 Å². The molecule has 1 N–H and O–H groups in total. The Labute approximate surface area is 104 Å². The summed E-state index contributed by atoms with van der Waals surface area (Å²) in [5.74, 6) is -0.305. The fraction of sp³-hybridized carbons (Fsp3) is 0.500. The summed E-state index contributed by atoms with van der Waals surface area (Å²) in [5.41, 5.74) is -0.293. The van der Waals surface area contributed by atoms with Crippen LogP contribution in [-0.2, 0) is 9.84 Å². The van der Waals surface area contributed by atoms with Gasteiger partial charge in [-0.1, -0.05) is 0 Å². The van der Waals surface area contributed by atoms with Crippen molar-refractivity contribution in [2.75, 3.05) is 18.6 Å². The number of sulfone groups is 1. The van der Waals surface area contributed by atoms with Crippen LogP contribution in [0.3, 0.4) is 0 Å². The van der Waals surface area contributed by atoms with Crippen LogP contribution in [0.25, 0.3) is 0 Å². The predicted octanol–water partition coefficient (Wildman–Crippen LogP) is -0.971. The van der Waals surface area contributed by atoms with Crippen LogP contribution in [-0.4, -0.2) is 53.8 Å². The SMILES string of the molecule is CN(C(=O)c1c[nH]c(=O)cn1)C1CCS(=O)(=O)C1. The summed E-state index contributed by atoms with van der Waals surface area (Å²) in [6, 6.07) is -0.323. The van der Waals surface area contributed by atoms with E-state index in [9.17, 15) is 18.0 Å². The molecule has 7 nitrogen and oxygen atoms in total. The average Bonchev–Trinajstić information content (AvgIpc) is 2.69. The largest absolute Gasteiger partial charge is 0.336 e. The first-order valence-corrected chi connectivity index (χ1v) is 7.23. The highest BCUT2D eigenvalue weighted by Crippen LogP contribution is 2.17. The number of carbonyl (C=O) groups is 1. The third-order valence-corrected chi connectivity index (χ3v) is 4.72. The van der Waals surface area contributed by atoms with Gasteiger partial charge in [-0.3, -0.25) is 9.59 Å². The van der Waals surface area contributed by atoms with E-state index < -0.39 is 21.3 Å². The molecule has 2 heterocycles. The Morgan fingerprint density at radius 3 is 2.78 bits per heavy atom. The van der Waals surface area contributed by atoms with E-state index in [0.29, 0.717) is 6.42 Å². The molecule has 18 heavy (non-hydrogen) atoms. The molecule has 0 bridgehead atoms. The van der Waals surface area contributed by atoms with Gasteiger partial charge in [0.25, 0.3) is 11.5 Å². The summed E-state index contributed by atoms with van der Waals surface area (Å²) >= 11 is 0. The molecule has 0 radical (unpaired) electrons. The third kappa shape index (κ3) is 2.58. The third-order valence-electron chi connectivity index (χ3n) is 2.97. The molecule has 2 rings (SSSR count). The number of nitrogens with one attached hydrogen (secondary N) is 1. The molecule has 8 heteroatoms. The van der Waals surface area contributed by atoms with Crippen LogP contribution in [0.4, 0.5) is 0 Å². The Bertz CT molecular complexity index is 602. The van der Waals surface area contributed by atoms with Crippen molar-refractivity contribution in [2.45, 2.75) is 12.5 Å². The quantitative estimate of drug-likeness (QED) is 0.746. The van der Waals surface area contributed by atoms with E-state index >= 15 is 0 Å². The predicted molar refractivity (Wildman–Crippen MR) is 64.0 cm³/mol. The first-order chi connectivity index (χ1) is 8.39. The molecule has 0 aromatic carbocycles. The summed E-state index contributed by atoms with van der Waals surface area (Å²) in [6.07, 6.45) is 2.69. The maximum absolute atomic E-state index is 12.0. The molecule has 0 aliphatic carbocycles. The maximum Gasteiger partial charge on any atom is 0.273 e. The van der Waals surface area contributed by atoms with Crippen molar-refractivity contribution in [3.8, 4) is 0 Å². The van der Waals surface area contributed by atoms with Gasteiger partial charge in [0.05, 0.1) is 17.7 Å². The van der Waals surface area contributed by atoms with Gasteiger partial charge < -0.3 is 9.88 Å². The summed E-state index contributed by atoms with van der Waals surface area (Å²) in [6.45, 7) is 0. The number of rotatable bonds is 2. The molecule has 0 saturated carbocycles. The molecule has 1 aliphatic heterocycles. The number of H-pyrrole nitrogens is 1. The minimum Gasteiger partial charge on any atom is -0.336 e. The first kappa shape index (κ1) is 12.7. The van der Waals surface area contributed by atoms with Crippen molar-refractivity contribution in [1.29, 1.82) is 0 Å². The van der Waals surface area contributed by atoms with Crippen LogP contribution in [0.1, 0.15) is 16.9 Å². The first-order valence-electron chi connectivity index (χ1n) is 5.41. The van der Waals surface area contributed by atoms with Gasteiger partial charge in [0.2, 0.25) is 0 Å². The second-order valence-electron chi connectivity index (χ2n) is 4.27. The van der Waals surface area contributed by atoms with E-state index in [-0.39, 0.29) is 23.2 Å². The minimum absolute atomic E-state index is 0.0153.